The summed E-state index contributed by atoms with van der Waals surface area (Å²) in [6.45, 7) is 0. The number of halogens is 2. The van der Waals surface area contributed by atoms with E-state index < -0.39 is 0 Å². The van der Waals surface area contributed by atoms with Gasteiger partial charge in [-0.15, -0.1) is 11.6 Å². The van der Waals surface area contributed by atoms with Crippen molar-refractivity contribution in [2.75, 3.05) is 5.88 Å². The highest BCUT2D eigenvalue weighted by Gasteiger charge is 2.15. The van der Waals surface area contributed by atoms with Gasteiger partial charge in [-0.3, -0.25) is 9.59 Å². The van der Waals surface area contributed by atoms with Crippen molar-refractivity contribution in [3.05, 3.63) is 32.4 Å². The predicted molar refractivity (Wildman–Crippen MR) is 64.3 cm³/mol. The van der Waals surface area contributed by atoms with E-state index in [9.17, 15) is 9.59 Å². The zero-order chi connectivity index (χ0) is 11.4. The molecule has 1 rings (SSSR count). The largest absolute Gasteiger partial charge is 0.298 e. The van der Waals surface area contributed by atoms with Crippen molar-refractivity contribution in [1.82, 2.24) is 0 Å². The molecule has 5 heteroatoms. The third-order valence-corrected chi connectivity index (χ3v) is 3.24. The summed E-state index contributed by atoms with van der Waals surface area (Å²) in [6, 6.07) is 4.91. The number of aldehydes is 1. The highest BCUT2D eigenvalue weighted by Crippen LogP contribution is 2.20. The minimum Gasteiger partial charge on any atom is -0.298 e. The molecule has 0 aromatic heterocycles. The van der Waals surface area contributed by atoms with Crippen LogP contribution in [0, 0.1) is 14.9 Å². The van der Waals surface area contributed by atoms with Crippen LogP contribution in [-0.2, 0) is 0 Å². The van der Waals surface area contributed by atoms with Gasteiger partial charge >= 0.3 is 0 Å². The first kappa shape index (κ1) is 12.1. The molecular weight excluding hydrogens is 328 g/mol. The number of rotatable bonds is 3. The molecule has 0 heterocycles. The minimum atomic E-state index is -0.318. The molecule has 0 N–H and O–H groups in total. The van der Waals surface area contributed by atoms with E-state index in [1.165, 1.54) is 12.1 Å². The van der Waals surface area contributed by atoms with Crippen LogP contribution in [0.25, 0.3) is 0 Å². The number of carbonyl (C=O) groups excluding carboxylic acids is 2. The van der Waals surface area contributed by atoms with Crippen molar-refractivity contribution >= 4 is 46.3 Å². The lowest BCUT2D eigenvalue weighted by molar-refractivity contribution is 0.101. The maximum atomic E-state index is 11.4. The number of ketones is 1. The van der Waals surface area contributed by atoms with Crippen LogP contribution in [0.5, 0.6) is 0 Å². The number of benzene rings is 1. The van der Waals surface area contributed by atoms with E-state index in [1.807, 2.05) is 28.7 Å². The lowest BCUT2D eigenvalue weighted by Gasteiger charge is -2.05. The topological polar surface area (TPSA) is 57.9 Å². The lowest BCUT2D eigenvalue weighted by atomic mass is 10.0. The van der Waals surface area contributed by atoms with Crippen molar-refractivity contribution in [1.29, 1.82) is 5.26 Å². The molecule has 0 aliphatic heterocycles. The Morgan fingerprint density at radius 1 is 1.60 bits per heavy atom. The van der Waals surface area contributed by atoms with Crippen LogP contribution in [0.3, 0.4) is 0 Å². The zero-order valence-corrected chi connectivity index (χ0v) is 10.4. The highest BCUT2D eigenvalue weighted by molar-refractivity contribution is 14.1. The molecule has 0 fully saturated rings. The fourth-order valence-corrected chi connectivity index (χ4v) is 1.97. The van der Waals surface area contributed by atoms with E-state index in [2.05, 4.69) is 0 Å². The molecule has 76 valence electrons. The fourth-order valence-electron chi connectivity index (χ4n) is 1.11. The van der Waals surface area contributed by atoms with Gasteiger partial charge in [-0.25, -0.2) is 0 Å². The molecule has 15 heavy (non-hydrogen) atoms. The van der Waals surface area contributed by atoms with E-state index >= 15 is 0 Å². The summed E-state index contributed by atoms with van der Waals surface area (Å²) < 4.78 is 0.487. The molecule has 0 atom stereocenters. The zero-order valence-electron chi connectivity index (χ0n) is 7.46. The Balaban J connectivity index is 3.45. The van der Waals surface area contributed by atoms with Gasteiger partial charge in [0.25, 0.3) is 0 Å². The molecular formula is C10H5ClINO2. The molecule has 1 aromatic rings. The van der Waals surface area contributed by atoms with Crippen LogP contribution in [0.1, 0.15) is 26.3 Å². The van der Waals surface area contributed by atoms with Crippen LogP contribution in [0.15, 0.2) is 12.1 Å². The number of Topliss-reactive ketones (excluding diaryl/α,β-unsaturated/α-hetero) is 1. The van der Waals surface area contributed by atoms with Gasteiger partial charge in [-0.1, -0.05) is 0 Å². The molecule has 0 unspecified atom stereocenters. The van der Waals surface area contributed by atoms with Crippen LogP contribution in [0.4, 0.5) is 0 Å². The molecule has 0 saturated heterocycles. The van der Waals surface area contributed by atoms with Crippen molar-refractivity contribution in [2.24, 2.45) is 0 Å². The van der Waals surface area contributed by atoms with Crippen LogP contribution < -0.4 is 0 Å². The van der Waals surface area contributed by atoms with Gasteiger partial charge in [0.15, 0.2) is 12.1 Å². The SMILES string of the molecule is N#Cc1ccc(C(=O)CCl)c(C=O)c1I. The number of hydrogen-bond donors (Lipinski definition) is 0. The molecule has 0 radical (unpaired) electrons. The quantitative estimate of drug-likeness (QED) is 0.369. The Morgan fingerprint density at radius 3 is 2.73 bits per heavy atom. The molecule has 0 bridgehead atoms. The number of nitriles is 1. The summed E-state index contributed by atoms with van der Waals surface area (Å²) in [7, 11) is 0. The van der Waals surface area contributed by atoms with Crippen LogP contribution in [-0.4, -0.2) is 17.9 Å². The lowest BCUT2D eigenvalue weighted by Crippen LogP contribution is -2.07. The molecule has 0 aliphatic carbocycles. The van der Waals surface area contributed by atoms with Gasteiger partial charge in [-0.2, -0.15) is 5.26 Å². The van der Waals surface area contributed by atoms with E-state index in [0.717, 1.165) is 0 Å². The number of alkyl halides is 1. The number of carbonyl (C=O) groups is 2. The van der Waals surface area contributed by atoms with Gasteiger partial charge in [-0.05, 0) is 34.7 Å². The Morgan fingerprint density at radius 2 is 2.27 bits per heavy atom. The number of hydrogen-bond acceptors (Lipinski definition) is 3. The molecule has 3 nitrogen and oxygen atoms in total. The standard InChI is InChI=1S/C10H5ClINO2/c11-3-9(15)7-2-1-6(4-13)10(12)8(7)5-14/h1-2,5H,3H2. The third-order valence-electron chi connectivity index (χ3n) is 1.84. The predicted octanol–water partition coefficient (Wildman–Crippen LogP) is 2.40. The molecule has 0 spiro atoms. The first-order valence-corrected chi connectivity index (χ1v) is 5.54. The first-order valence-electron chi connectivity index (χ1n) is 3.92. The minimum absolute atomic E-state index is 0.178. The van der Waals surface area contributed by atoms with Crippen LogP contribution >= 0.6 is 34.2 Å². The fraction of sp³-hybridized carbons (Fsp3) is 0.100. The Kier molecular flexibility index (Phi) is 4.24. The van der Waals surface area contributed by atoms with E-state index in [0.29, 0.717) is 15.4 Å². The molecule has 1 aromatic carbocycles. The highest BCUT2D eigenvalue weighted by atomic mass is 127. The summed E-state index contributed by atoms with van der Waals surface area (Å²) in [5.74, 6) is -0.496. The summed E-state index contributed by atoms with van der Waals surface area (Å²) in [4.78, 5) is 22.2. The second-order valence-corrected chi connectivity index (χ2v) is 4.02. The van der Waals surface area contributed by atoms with Crippen molar-refractivity contribution in [3.8, 4) is 6.07 Å². The van der Waals surface area contributed by atoms with Crippen molar-refractivity contribution < 1.29 is 9.59 Å². The first-order chi connectivity index (χ1) is 7.15. The Labute approximate surface area is 105 Å². The van der Waals surface area contributed by atoms with Crippen molar-refractivity contribution in [3.63, 3.8) is 0 Å². The maximum absolute atomic E-state index is 11.4. The van der Waals surface area contributed by atoms with Gasteiger partial charge in [0.1, 0.15) is 6.07 Å². The van der Waals surface area contributed by atoms with Gasteiger partial charge in [0.05, 0.1) is 11.4 Å². The molecule has 0 aliphatic rings. The van der Waals surface area contributed by atoms with E-state index in [4.69, 9.17) is 16.9 Å². The normalized spacial score (nSPS) is 9.40. The smallest absolute Gasteiger partial charge is 0.178 e. The van der Waals surface area contributed by atoms with Crippen molar-refractivity contribution in [2.45, 2.75) is 0 Å². The van der Waals surface area contributed by atoms with Gasteiger partial charge in [0.2, 0.25) is 0 Å². The maximum Gasteiger partial charge on any atom is 0.178 e. The summed E-state index contributed by atoms with van der Waals surface area (Å²) >= 11 is 7.28. The van der Waals surface area contributed by atoms with Gasteiger partial charge in [0, 0.05) is 14.7 Å². The molecule has 0 saturated carbocycles. The average Bonchev–Trinajstić information content (AvgIpc) is 2.27. The second kappa shape index (κ2) is 5.24. The monoisotopic (exact) mass is 333 g/mol. The summed E-state index contributed by atoms with van der Waals surface area (Å²) in [5, 5.41) is 8.74. The molecule has 0 amide bonds. The van der Waals surface area contributed by atoms with E-state index in [1.54, 1.807) is 0 Å². The van der Waals surface area contributed by atoms with Gasteiger partial charge < -0.3 is 0 Å². The summed E-state index contributed by atoms with van der Waals surface area (Å²) in [5.41, 5.74) is 0.882. The van der Waals surface area contributed by atoms with Crippen LogP contribution in [0.2, 0.25) is 0 Å². The summed E-state index contributed by atoms with van der Waals surface area (Å²) in [6.07, 6.45) is 0.572. The number of nitrogens with zero attached hydrogens (tertiary/aromatic N) is 1. The Hall–Kier alpha value is -0.930. The Bertz CT molecular complexity index is 465. The van der Waals surface area contributed by atoms with E-state index in [-0.39, 0.29) is 22.8 Å². The average molecular weight is 334 g/mol. The third kappa shape index (κ3) is 2.36. The second-order valence-electron chi connectivity index (χ2n) is 2.67.